The zero-order valence-corrected chi connectivity index (χ0v) is 14.1. The van der Waals surface area contributed by atoms with Gasteiger partial charge in [0.05, 0.1) is 20.8 Å². The molecular formula is C17H21N3O4. The summed E-state index contributed by atoms with van der Waals surface area (Å²) in [7, 11) is 5.17. The van der Waals surface area contributed by atoms with Gasteiger partial charge in [-0.25, -0.2) is 4.79 Å². The molecule has 7 nitrogen and oxygen atoms in total. The molecule has 0 radical (unpaired) electrons. The number of rotatable bonds is 5. The van der Waals surface area contributed by atoms with Crippen LogP contribution in [0.5, 0.6) is 11.5 Å². The molecule has 1 aromatic carbocycles. The van der Waals surface area contributed by atoms with Gasteiger partial charge in [0.2, 0.25) is 0 Å². The Labute approximate surface area is 140 Å². The Balaban J connectivity index is 1.96. The van der Waals surface area contributed by atoms with E-state index >= 15 is 0 Å². The van der Waals surface area contributed by atoms with Crippen molar-refractivity contribution in [2.75, 3.05) is 27.8 Å². The van der Waals surface area contributed by atoms with Crippen molar-refractivity contribution in [2.24, 2.45) is 0 Å². The van der Waals surface area contributed by atoms with Crippen LogP contribution in [0.1, 0.15) is 27.3 Å². The summed E-state index contributed by atoms with van der Waals surface area (Å²) in [5.74, 6) is 0.332. The second-order valence-corrected chi connectivity index (χ2v) is 5.91. The number of benzene rings is 1. The first-order valence-corrected chi connectivity index (χ1v) is 7.74. The molecule has 128 valence electrons. The summed E-state index contributed by atoms with van der Waals surface area (Å²) < 4.78 is 12.4. The van der Waals surface area contributed by atoms with Crippen molar-refractivity contribution in [3.05, 3.63) is 40.7 Å². The standard InChI is InChI=1S/C17H21N3O4/c1-19-7-6-13-12(10-19)16(17(21)22)18-20(13)9-11-4-5-14(23-2)15(8-11)24-3/h4-5,8H,6-7,9-10H2,1-3H3,(H,21,22). The van der Waals surface area contributed by atoms with Crippen LogP contribution < -0.4 is 9.47 Å². The summed E-state index contributed by atoms with van der Waals surface area (Å²) in [6.45, 7) is 2.01. The first-order valence-electron chi connectivity index (χ1n) is 7.74. The van der Waals surface area contributed by atoms with Crippen LogP contribution in [0.2, 0.25) is 0 Å². The predicted octanol–water partition coefficient (Wildman–Crippen LogP) is 1.63. The third-order valence-electron chi connectivity index (χ3n) is 4.31. The van der Waals surface area contributed by atoms with Crippen molar-refractivity contribution in [3.63, 3.8) is 0 Å². The van der Waals surface area contributed by atoms with Crippen LogP contribution in [0.3, 0.4) is 0 Å². The fraction of sp³-hybridized carbons (Fsp3) is 0.412. The quantitative estimate of drug-likeness (QED) is 0.897. The molecule has 2 aromatic rings. The summed E-state index contributed by atoms with van der Waals surface area (Å²) in [5.41, 5.74) is 2.95. The first kappa shape index (κ1) is 16.3. The van der Waals surface area contributed by atoms with Crippen LogP contribution in [-0.2, 0) is 19.5 Å². The molecule has 1 aliphatic heterocycles. The molecular weight excluding hydrogens is 310 g/mol. The maximum Gasteiger partial charge on any atom is 0.356 e. The molecule has 0 unspecified atom stereocenters. The largest absolute Gasteiger partial charge is 0.493 e. The van der Waals surface area contributed by atoms with Gasteiger partial charge in [0.25, 0.3) is 0 Å². The molecule has 0 bridgehead atoms. The number of carboxylic acid groups (broad SMARTS) is 1. The highest BCUT2D eigenvalue weighted by Gasteiger charge is 2.26. The molecule has 2 heterocycles. The van der Waals surface area contributed by atoms with Crippen molar-refractivity contribution in [1.82, 2.24) is 14.7 Å². The predicted molar refractivity (Wildman–Crippen MR) is 87.9 cm³/mol. The van der Waals surface area contributed by atoms with Crippen molar-refractivity contribution in [3.8, 4) is 11.5 Å². The van der Waals surface area contributed by atoms with Crippen LogP contribution in [0.25, 0.3) is 0 Å². The van der Waals surface area contributed by atoms with Gasteiger partial charge in [-0.3, -0.25) is 4.68 Å². The summed E-state index contributed by atoms with van der Waals surface area (Å²) in [4.78, 5) is 13.6. The highest BCUT2D eigenvalue weighted by Crippen LogP contribution is 2.29. The number of carboxylic acids is 1. The van der Waals surface area contributed by atoms with Gasteiger partial charge in [-0.15, -0.1) is 0 Å². The third kappa shape index (κ3) is 2.94. The van der Waals surface area contributed by atoms with E-state index in [9.17, 15) is 9.90 Å². The number of ether oxygens (including phenoxy) is 2. The third-order valence-corrected chi connectivity index (χ3v) is 4.31. The number of aromatic carboxylic acids is 1. The Hall–Kier alpha value is -2.54. The molecule has 0 fully saturated rings. The minimum Gasteiger partial charge on any atom is -0.493 e. The van der Waals surface area contributed by atoms with Crippen LogP contribution in [-0.4, -0.2) is 53.6 Å². The Kier molecular flexibility index (Phi) is 4.44. The number of hydrogen-bond donors (Lipinski definition) is 1. The molecule has 0 saturated carbocycles. The summed E-state index contributed by atoms with van der Waals surface area (Å²) in [6.07, 6.45) is 0.791. The van der Waals surface area contributed by atoms with Gasteiger partial charge >= 0.3 is 5.97 Å². The molecule has 0 aliphatic carbocycles. The van der Waals surface area contributed by atoms with E-state index in [1.54, 1.807) is 18.9 Å². The van der Waals surface area contributed by atoms with Gasteiger partial charge in [-0.2, -0.15) is 5.10 Å². The normalized spacial score (nSPS) is 14.3. The topological polar surface area (TPSA) is 76.8 Å². The Morgan fingerprint density at radius 3 is 2.71 bits per heavy atom. The van der Waals surface area contributed by atoms with Gasteiger partial charge < -0.3 is 19.5 Å². The number of likely N-dealkylation sites (N-methyl/N-ethyl adjacent to an activating group) is 1. The van der Waals surface area contributed by atoms with Crippen molar-refractivity contribution in [1.29, 1.82) is 0 Å². The van der Waals surface area contributed by atoms with Crippen molar-refractivity contribution >= 4 is 5.97 Å². The summed E-state index contributed by atoms with van der Waals surface area (Å²) >= 11 is 0. The number of aromatic nitrogens is 2. The lowest BCUT2D eigenvalue weighted by atomic mass is 10.1. The molecule has 0 atom stereocenters. The second kappa shape index (κ2) is 6.52. The van der Waals surface area contributed by atoms with Crippen LogP contribution in [0.15, 0.2) is 18.2 Å². The average Bonchev–Trinajstić information content (AvgIpc) is 2.92. The fourth-order valence-electron chi connectivity index (χ4n) is 3.08. The molecule has 1 aliphatic rings. The minimum atomic E-state index is -0.979. The molecule has 1 aromatic heterocycles. The number of nitrogens with zero attached hydrogens (tertiary/aromatic N) is 3. The SMILES string of the molecule is COc1ccc(Cn2nc(C(=O)O)c3c2CCN(C)C3)cc1OC. The van der Waals surface area contributed by atoms with Crippen molar-refractivity contribution in [2.45, 2.75) is 19.5 Å². The van der Waals surface area contributed by atoms with E-state index in [1.807, 2.05) is 25.2 Å². The van der Waals surface area contributed by atoms with E-state index in [4.69, 9.17) is 9.47 Å². The number of methoxy groups -OCH3 is 2. The molecule has 0 spiro atoms. The first-order chi connectivity index (χ1) is 11.5. The fourth-order valence-corrected chi connectivity index (χ4v) is 3.08. The van der Waals surface area contributed by atoms with E-state index in [0.29, 0.717) is 24.6 Å². The number of carbonyl (C=O) groups is 1. The van der Waals surface area contributed by atoms with Gasteiger partial charge in [0.15, 0.2) is 17.2 Å². The number of fused-ring (bicyclic) bond motifs is 1. The maximum absolute atomic E-state index is 11.5. The molecule has 3 rings (SSSR count). The van der Waals surface area contributed by atoms with E-state index in [2.05, 4.69) is 10.00 Å². The molecule has 7 heteroatoms. The zero-order valence-electron chi connectivity index (χ0n) is 14.1. The Morgan fingerprint density at radius 2 is 2.04 bits per heavy atom. The van der Waals surface area contributed by atoms with E-state index in [-0.39, 0.29) is 5.69 Å². The highest BCUT2D eigenvalue weighted by molar-refractivity contribution is 5.87. The second-order valence-electron chi connectivity index (χ2n) is 5.91. The van der Waals surface area contributed by atoms with Crippen LogP contribution >= 0.6 is 0 Å². The van der Waals surface area contributed by atoms with E-state index in [1.165, 1.54) is 0 Å². The smallest absolute Gasteiger partial charge is 0.356 e. The Morgan fingerprint density at radius 1 is 1.29 bits per heavy atom. The molecule has 1 N–H and O–H groups in total. The van der Waals surface area contributed by atoms with Crippen molar-refractivity contribution < 1.29 is 19.4 Å². The summed E-state index contributed by atoms with van der Waals surface area (Å²) in [5, 5.41) is 13.8. The van der Waals surface area contributed by atoms with E-state index in [0.717, 1.165) is 29.8 Å². The highest BCUT2D eigenvalue weighted by atomic mass is 16.5. The van der Waals surface area contributed by atoms with Crippen LogP contribution in [0, 0.1) is 0 Å². The minimum absolute atomic E-state index is 0.150. The Bertz CT molecular complexity index is 769. The molecule has 24 heavy (non-hydrogen) atoms. The maximum atomic E-state index is 11.5. The van der Waals surface area contributed by atoms with Gasteiger partial charge in [-0.1, -0.05) is 6.07 Å². The molecule has 0 saturated heterocycles. The van der Waals surface area contributed by atoms with Crippen LogP contribution in [0.4, 0.5) is 0 Å². The van der Waals surface area contributed by atoms with Gasteiger partial charge in [0.1, 0.15) is 0 Å². The number of hydrogen-bond acceptors (Lipinski definition) is 5. The van der Waals surface area contributed by atoms with Gasteiger partial charge in [0, 0.05) is 30.8 Å². The van der Waals surface area contributed by atoms with E-state index < -0.39 is 5.97 Å². The average molecular weight is 331 g/mol. The lowest BCUT2D eigenvalue weighted by molar-refractivity contribution is 0.0687. The molecule has 0 amide bonds. The monoisotopic (exact) mass is 331 g/mol. The lowest BCUT2D eigenvalue weighted by Crippen LogP contribution is -2.28. The zero-order chi connectivity index (χ0) is 17.3. The summed E-state index contributed by atoms with van der Waals surface area (Å²) in [6, 6.07) is 5.67. The lowest BCUT2D eigenvalue weighted by Gasteiger charge is -2.23. The van der Waals surface area contributed by atoms with Gasteiger partial charge in [-0.05, 0) is 24.7 Å².